The van der Waals surface area contributed by atoms with Crippen molar-refractivity contribution >= 4 is 11.9 Å². The van der Waals surface area contributed by atoms with Gasteiger partial charge in [0.15, 0.2) is 0 Å². The smallest absolute Gasteiger partial charge is 0.322 e. The van der Waals surface area contributed by atoms with Crippen LogP contribution in [0.2, 0.25) is 0 Å². The topological polar surface area (TPSA) is 71.1 Å². The van der Waals surface area contributed by atoms with E-state index in [-0.39, 0.29) is 18.0 Å². The molecule has 0 fully saturated rings. The molecule has 0 radical (unpaired) electrons. The molecule has 0 spiro atoms. The zero-order valence-electron chi connectivity index (χ0n) is 16.8. The first-order valence-corrected chi connectivity index (χ1v) is 9.41. The number of carbonyl (C=O) groups is 2. The van der Waals surface area contributed by atoms with Gasteiger partial charge >= 0.3 is 6.03 Å². The summed E-state index contributed by atoms with van der Waals surface area (Å²) in [5, 5.41) is 2.97. The first-order chi connectivity index (χ1) is 13.5. The number of ether oxygens (including phenoxy) is 2. The number of urea groups is 1. The van der Waals surface area contributed by atoms with Crippen molar-refractivity contribution in [3.8, 4) is 11.5 Å². The van der Waals surface area contributed by atoms with E-state index in [1.54, 1.807) is 43.4 Å². The molecule has 2 aliphatic heterocycles. The van der Waals surface area contributed by atoms with Crippen LogP contribution in [0.3, 0.4) is 0 Å². The molecular weight excluding hydrogens is 358 g/mol. The van der Waals surface area contributed by atoms with Crippen LogP contribution in [-0.2, 0) is 4.79 Å². The molecule has 0 saturated heterocycles. The van der Waals surface area contributed by atoms with Gasteiger partial charge in [0.2, 0.25) is 0 Å². The van der Waals surface area contributed by atoms with Crippen molar-refractivity contribution in [3.63, 3.8) is 0 Å². The summed E-state index contributed by atoms with van der Waals surface area (Å²) in [6.45, 7) is 8.55. The minimum absolute atomic E-state index is 0.0618. The van der Waals surface area contributed by atoms with Crippen LogP contribution in [0, 0.1) is 0 Å². The van der Waals surface area contributed by atoms with Crippen molar-refractivity contribution in [3.05, 3.63) is 47.7 Å². The summed E-state index contributed by atoms with van der Waals surface area (Å²) in [6.07, 6.45) is 2.50. The lowest BCUT2D eigenvalue weighted by Crippen LogP contribution is -2.47. The van der Waals surface area contributed by atoms with E-state index < -0.39 is 6.04 Å². The summed E-state index contributed by atoms with van der Waals surface area (Å²) in [5.74, 6) is 1.16. The summed E-state index contributed by atoms with van der Waals surface area (Å²) in [5.41, 5.74) is 2.00. The summed E-state index contributed by atoms with van der Waals surface area (Å²) in [6, 6.07) is 4.59. The molecule has 0 aliphatic carbocycles. The highest BCUT2D eigenvalue weighted by Gasteiger charge is 2.45. The SMILES string of the molecule is C=CCN1C(=O)NC(c2cc(OC)ccc2OC)C2=C1CN(C(C)CC)C2=O. The Morgan fingerprint density at radius 1 is 1.32 bits per heavy atom. The monoisotopic (exact) mass is 385 g/mol. The lowest BCUT2D eigenvalue weighted by atomic mass is 9.94. The number of hydrogen-bond acceptors (Lipinski definition) is 4. The number of hydrogen-bond donors (Lipinski definition) is 1. The second kappa shape index (κ2) is 7.96. The summed E-state index contributed by atoms with van der Waals surface area (Å²) in [7, 11) is 3.14. The van der Waals surface area contributed by atoms with Crippen LogP contribution in [0.4, 0.5) is 4.79 Å². The molecule has 2 unspecified atom stereocenters. The third-order valence-electron chi connectivity index (χ3n) is 5.43. The molecule has 0 aromatic heterocycles. The highest BCUT2D eigenvalue weighted by atomic mass is 16.5. The Kier molecular flexibility index (Phi) is 5.63. The quantitative estimate of drug-likeness (QED) is 0.733. The van der Waals surface area contributed by atoms with Crippen molar-refractivity contribution in [2.24, 2.45) is 0 Å². The van der Waals surface area contributed by atoms with Gasteiger partial charge in [0, 0.05) is 18.2 Å². The van der Waals surface area contributed by atoms with Gasteiger partial charge in [0.1, 0.15) is 11.5 Å². The number of methoxy groups -OCH3 is 2. The summed E-state index contributed by atoms with van der Waals surface area (Å²) < 4.78 is 10.8. The van der Waals surface area contributed by atoms with Crippen LogP contribution in [0.25, 0.3) is 0 Å². The second-order valence-corrected chi connectivity index (χ2v) is 6.94. The third-order valence-corrected chi connectivity index (χ3v) is 5.43. The van der Waals surface area contributed by atoms with E-state index in [4.69, 9.17) is 9.47 Å². The molecule has 0 bridgehead atoms. The van der Waals surface area contributed by atoms with Crippen molar-refractivity contribution < 1.29 is 19.1 Å². The largest absolute Gasteiger partial charge is 0.497 e. The molecule has 150 valence electrons. The average Bonchev–Trinajstić information content (AvgIpc) is 3.06. The van der Waals surface area contributed by atoms with Crippen molar-refractivity contribution in [2.45, 2.75) is 32.4 Å². The van der Waals surface area contributed by atoms with Crippen molar-refractivity contribution in [1.82, 2.24) is 15.1 Å². The van der Waals surface area contributed by atoms with Crippen LogP contribution in [0.15, 0.2) is 42.1 Å². The Morgan fingerprint density at radius 2 is 2.07 bits per heavy atom. The fourth-order valence-electron chi connectivity index (χ4n) is 3.71. The molecule has 2 atom stereocenters. The molecule has 2 aliphatic rings. The van der Waals surface area contributed by atoms with Gasteiger partial charge in [-0.15, -0.1) is 6.58 Å². The second-order valence-electron chi connectivity index (χ2n) is 6.94. The van der Waals surface area contributed by atoms with Gasteiger partial charge in [0.05, 0.1) is 38.1 Å². The standard InChI is InChI=1S/C21H27N3O4/c1-6-10-23-16-12-24(13(3)7-2)20(25)18(16)19(22-21(23)26)15-11-14(27-4)8-9-17(15)28-5/h6,8-9,11,13,19H,1,7,10,12H2,2-5H3,(H,22,26). The van der Waals surface area contributed by atoms with Crippen LogP contribution in [0.1, 0.15) is 31.9 Å². The Labute approximate surface area is 165 Å². The molecule has 1 aromatic carbocycles. The van der Waals surface area contributed by atoms with Crippen LogP contribution < -0.4 is 14.8 Å². The average molecular weight is 385 g/mol. The molecule has 7 heteroatoms. The van der Waals surface area contributed by atoms with Gasteiger partial charge in [0.25, 0.3) is 5.91 Å². The maximum absolute atomic E-state index is 13.3. The van der Waals surface area contributed by atoms with Gasteiger partial charge in [-0.25, -0.2) is 4.79 Å². The number of benzene rings is 1. The number of carbonyl (C=O) groups excluding carboxylic acids is 2. The van der Waals surface area contributed by atoms with Crippen molar-refractivity contribution in [2.75, 3.05) is 27.3 Å². The first kappa shape index (κ1) is 19.8. The molecule has 1 N–H and O–H groups in total. The van der Waals surface area contributed by atoms with Gasteiger partial charge < -0.3 is 19.7 Å². The van der Waals surface area contributed by atoms with Gasteiger partial charge in [-0.05, 0) is 31.5 Å². The van der Waals surface area contributed by atoms with E-state index in [1.807, 2.05) is 18.7 Å². The fourth-order valence-corrected chi connectivity index (χ4v) is 3.71. The van der Waals surface area contributed by atoms with Crippen molar-refractivity contribution in [1.29, 1.82) is 0 Å². The predicted octanol–water partition coefficient (Wildman–Crippen LogP) is 2.85. The zero-order chi connectivity index (χ0) is 20.4. The Hall–Kier alpha value is -2.96. The van der Waals surface area contributed by atoms with Crippen LogP contribution >= 0.6 is 0 Å². The summed E-state index contributed by atoms with van der Waals surface area (Å²) >= 11 is 0. The molecule has 0 saturated carbocycles. The maximum atomic E-state index is 13.3. The minimum atomic E-state index is -0.602. The fraction of sp³-hybridized carbons (Fsp3) is 0.429. The molecule has 7 nitrogen and oxygen atoms in total. The Morgan fingerprint density at radius 3 is 2.68 bits per heavy atom. The number of nitrogens with one attached hydrogen (secondary N) is 1. The maximum Gasteiger partial charge on any atom is 0.322 e. The lowest BCUT2D eigenvalue weighted by Gasteiger charge is -2.33. The number of rotatable bonds is 7. The first-order valence-electron chi connectivity index (χ1n) is 9.41. The molecular formula is C21H27N3O4. The van der Waals surface area contributed by atoms with Crippen LogP contribution in [0.5, 0.6) is 11.5 Å². The van der Waals surface area contributed by atoms with Crippen LogP contribution in [-0.4, -0.2) is 55.1 Å². The van der Waals surface area contributed by atoms with E-state index >= 15 is 0 Å². The number of nitrogens with zero attached hydrogens (tertiary/aromatic N) is 2. The highest BCUT2D eigenvalue weighted by Crippen LogP contribution is 2.41. The van der Waals surface area contributed by atoms with E-state index in [0.717, 1.165) is 12.1 Å². The molecule has 2 heterocycles. The van der Waals surface area contributed by atoms with E-state index in [0.29, 0.717) is 35.7 Å². The van der Waals surface area contributed by atoms with E-state index in [1.165, 1.54) is 0 Å². The Bertz CT molecular complexity index is 833. The molecule has 3 rings (SSSR count). The van der Waals surface area contributed by atoms with Gasteiger partial charge in [-0.3, -0.25) is 9.69 Å². The van der Waals surface area contributed by atoms with Gasteiger partial charge in [-0.1, -0.05) is 13.0 Å². The summed E-state index contributed by atoms with van der Waals surface area (Å²) in [4.78, 5) is 29.6. The Balaban J connectivity index is 2.14. The third kappa shape index (κ3) is 3.21. The number of amides is 3. The van der Waals surface area contributed by atoms with E-state index in [9.17, 15) is 9.59 Å². The zero-order valence-corrected chi connectivity index (χ0v) is 16.8. The molecule has 3 amide bonds. The van der Waals surface area contributed by atoms with Gasteiger partial charge in [-0.2, -0.15) is 0 Å². The predicted molar refractivity (Wildman–Crippen MR) is 106 cm³/mol. The lowest BCUT2D eigenvalue weighted by molar-refractivity contribution is -0.127. The minimum Gasteiger partial charge on any atom is -0.497 e. The highest BCUT2D eigenvalue weighted by molar-refractivity contribution is 6.01. The van der Waals surface area contributed by atoms with E-state index in [2.05, 4.69) is 11.9 Å². The normalized spacial score (nSPS) is 20.1. The molecule has 28 heavy (non-hydrogen) atoms. The molecule has 1 aromatic rings.